The molecular formula is C14H20BrClN2O. The summed E-state index contributed by atoms with van der Waals surface area (Å²) in [4.78, 5) is 12.0. The SMILES string of the molecule is CC1CCNCC1NC(=O)Cc1cccc(Br)c1.Cl. The van der Waals surface area contributed by atoms with Gasteiger partial charge < -0.3 is 10.6 Å². The first-order chi connectivity index (χ1) is 8.65. The van der Waals surface area contributed by atoms with Gasteiger partial charge in [0.2, 0.25) is 5.91 Å². The molecule has 0 aliphatic carbocycles. The number of hydrogen-bond acceptors (Lipinski definition) is 2. The van der Waals surface area contributed by atoms with Gasteiger partial charge in [0.25, 0.3) is 0 Å². The van der Waals surface area contributed by atoms with E-state index in [-0.39, 0.29) is 24.4 Å². The van der Waals surface area contributed by atoms with Crippen LogP contribution in [0.2, 0.25) is 0 Å². The molecule has 1 heterocycles. The van der Waals surface area contributed by atoms with Crippen LogP contribution in [0.3, 0.4) is 0 Å². The molecule has 0 saturated carbocycles. The molecule has 2 N–H and O–H groups in total. The van der Waals surface area contributed by atoms with Crippen LogP contribution in [0.4, 0.5) is 0 Å². The van der Waals surface area contributed by atoms with Crippen molar-refractivity contribution < 1.29 is 4.79 Å². The molecule has 1 fully saturated rings. The molecule has 2 rings (SSSR count). The number of hydrogen-bond donors (Lipinski definition) is 2. The molecular weight excluding hydrogens is 328 g/mol. The van der Waals surface area contributed by atoms with Crippen molar-refractivity contribution in [3.63, 3.8) is 0 Å². The minimum atomic E-state index is 0. The van der Waals surface area contributed by atoms with Gasteiger partial charge in [0.1, 0.15) is 0 Å². The first kappa shape index (κ1) is 16.5. The monoisotopic (exact) mass is 346 g/mol. The van der Waals surface area contributed by atoms with Crippen molar-refractivity contribution in [3.05, 3.63) is 34.3 Å². The van der Waals surface area contributed by atoms with E-state index in [4.69, 9.17) is 0 Å². The topological polar surface area (TPSA) is 41.1 Å². The molecule has 1 aliphatic heterocycles. The Balaban J connectivity index is 0.00000180. The van der Waals surface area contributed by atoms with Crippen LogP contribution in [0, 0.1) is 5.92 Å². The molecule has 0 radical (unpaired) electrons. The lowest BCUT2D eigenvalue weighted by Crippen LogP contribution is -2.50. The molecule has 2 atom stereocenters. The van der Waals surface area contributed by atoms with E-state index in [0.717, 1.165) is 29.5 Å². The Bertz CT molecular complexity index is 428. The third-order valence-corrected chi connectivity index (χ3v) is 3.92. The van der Waals surface area contributed by atoms with Gasteiger partial charge in [-0.1, -0.05) is 35.0 Å². The molecule has 19 heavy (non-hydrogen) atoms. The van der Waals surface area contributed by atoms with Gasteiger partial charge in [0.15, 0.2) is 0 Å². The van der Waals surface area contributed by atoms with E-state index in [1.165, 1.54) is 0 Å². The van der Waals surface area contributed by atoms with Crippen molar-refractivity contribution in [1.29, 1.82) is 0 Å². The summed E-state index contributed by atoms with van der Waals surface area (Å²) < 4.78 is 1.01. The number of benzene rings is 1. The molecule has 3 nitrogen and oxygen atoms in total. The van der Waals surface area contributed by atoms with Crippen molar-refractivity contribution in [2.45, 2.75) is 25.8 Å². The molecule has 1 aromatic rings. The van der Waals surface area contributed by atoms with Gasteiger partial charge >= 0.3 is 0 Å². The van der Waals surface area contributed by atoms with Gasteiger partial charge in [-0.3, -0.25) is 4.79 Å². The zero-order chi connectivity index (χ0) is 13.0. The largest absolute Gasteiger partial charge is 0.352 e. The summed E-state index contributed by atoms with van der Waals surface area (Å²) in [5, 5.41) is 6.44. The van der Waals surface area contributed by atoms with Crippen LogP contribution in [-0.2, 0) is 11.2 Å². The minimum Gasteiger partial charge on any atom is -0.352 e. The molecule has 106 valence electrons. The lowest BCUT2D eigenvalue weighted by molar-refractivity contribution is -0.121. The van der Waals surface area contributed by atoms with E-state index in [1.807, 2.05) is 24.3 Å². The lowest BCUT2D eigenvalue weighted by atomic mass is 9.94. The summed E-state index contributed by atoms with van der Waals surface area (Å²) in [6.07, 6.45) is 1.57. The standard InChI is InChI=1S/C14H19BrN2O.ClH/c1-10-5-6-16-9-13(10)17-14(18)8-11-3-2-4-12(15)7-11;/h2-4,7,10,13,16H,5-6,8-9H2,1H3,(H,17,18);1H. The maximum atomic E-state index is 12.0. The molecule has 1 aliphatic rings. The van der Waals surface area contributed by atoms with Gasteiger partial charge in [-0.15, -0.1) is 12.4 Å². The zero-order valence-corrected chi connectivity index (χ0v) is 13.4. The van der Waals surface area contributed by atoms with E-state index >= 15 is 0 Å². The third-order valence-electron chi connectivity index (χ3n) is 3.43. The highest BCUT2D eigenvalue weighted by Crippen LogP contribution is 2.13. The first-order valence-corrected chi connectivity index (χ1v) is 7.19. The van der Waals surface area contributed by atoms with E-state index in [0.29, 0.717) is 12.3 Å². The number of amides is 1. The lowest BCUT2D eigenvalue weighted by Gasteiger charge is -2.30. The summed E-state index contributed by atoms with van der Waals surface area (Å²) in [5.41, 5.74) is 1.04. The predicted octanol–water partition coefficient (Wildman–Crippen LogP) is 2.53. The van der Waals surface area contributed by atoms with Crippen LogP contribution >= 0.6 is 28.3 Å². The van der Waals surface area contributed by atoms with Crippen molar-refractivity contribution in [2.75, 3.05) is 13.1 Å². The molecule has 0 bridgehead atoms. The van der Waals surface area contributed by atoms with Crippen LogP contribution in [0.15, 0.2) is 28.7 Å². The predicted molar refractivity (Wildman–Crippen MR) is 83.7 cm³/mol. The third kappa shape index (κ3) is 5.13. The number of carbonyl (C=O) groups is 1. The van der Waals surface area contributed by atoms with Crippen LogP contribution in [0.25, 0.3) is 0 Å². The Hall–Kier alpha value is -0.580. The maximum Gasteiger partial charge on any atom is 0.224 e. The quantitative estimate of drug-likeness (QED) is 0.882. The normalized spacial score (nSPS) is 22.4. The summed E-state index contributed by atoms with van der Waals surface area (Å²) in [6, 6.07) is 8.15. The number of nitrogens with one attached hydrogen (secondary N) is 2. The van der Waals surface area contributed by atoms with Crippen molar-refractivity contribution in [1.82, 2.24) is 10.6 Å². The average Bonchev–Trinajstić information content (AvgIpc) is 2.32. The molecule has 5 heteroatoms. The minimum absolute atomic E-state index is 0. The second kappa shape index (κ2) is 7.88. The second-order valence-corrected chi connectivity index (χ2v) is 5.87. The molecule has 1 aromatic carbocycles. The Morgan fingerprint density at radius 2 is 2.32 bits per heavy atom. The van der Waals surface area contributed by atoms with Crippen LogP contribution in [0.5, 0.6) is 0 Å². The van der Waals surface area contributed by atoms with Crippen LogP contribution in [-0.4, -0.2) is 25.0 Å². The van der Waals surface area contributed by atoms with E-state index in [9.17, 15) is 4.79 Å². The molecule has 2 unspecified atom stereocenters. The van der Waals surface area contributed by atoms with Gasteiger partial charge in [-0.25, -0.2) is 0 Å². The number of carbonyl (C=O) groups excluding carboxylic acids is 1. The van der Waals surface area contributed by atoms with Crippen LogP contribution in [0.1, 0.15) is 18.9 Å². The van der Waals surface area contributed by atoms with E-state index < -0.39 is 0 Å². The fourth-order valence-electron chi connectivity index (χ4n) is 2.27. The summed E-state index contributed by atoms with van der Waals surface area (Å²) >= 11 is 3.42. The zero-order valence-electron chi connectivity index (χ0n) is 11.0. The first-order valence-electron chi connectivity index (χ1n) is 6.39. The fraction of sp³-hybridized carbons (Fsp3) is 0.500. The molecule has 1 amide bonds. The number of halogens is 2. The van der Waals surface area contributed by atoms with Gasteiger partial charge in [0, 0.05) is 17.1 Å². The Kier molecular flexibility index (Phi) is 6.83. The summed E-state index contributed by atoms with van der Waals surface area (Å²) in [7, 11) is 0. The molecule has 0 spiro atoms. The highest BCUT2D eigenvalue weighted by atomic mass is 79.9. The number of piperidine rings is 1. The molecule has 0 aromatic heterocycles. The number of rotatable bonds is 3. The van der Waals surface area contributed by atoms with Crippen molar-refractivity contribution in [3.8, 4) is 0 Å². The van der Waals surface area contributed by atoms with Crippen molar-refractivity contribution in [2.24, 2.45) is 5.92 Å². The Morgan fingerprint density at radius 3 is 3.00 bits per heavy atom. The Morgan fingerprint density at radius 1 is 1.53 bits per heavy atom. The van der Waals surface area contributed by atoms with E-state index in [2.05, 4.69) is 33.5 Å². The smallest absolute Gasteiger partial charge is 0.224 e. The van der Waals surface area contributed by atoms with Crippen molar-refractivity contribution >= 4 is 34.2 Å². The fourth-order valence-corrected chi connectivity index (χ4v) is 2.72. The average molecular weight is 348 g/mol. The van der Waals surface area contributed by atoms with E-state index in [1.54, 1.807) is 0 Å². The van der Waals surface area contributed by atoms with Crippen LogP contribution < -0.4 is 10.6 Å². The summed E-state index contributed by atoms with van der Waals surface area (Å²) in [5.74, 6) is 0.659. The van der Waals surface area contributed by atoms with Gasteiger partial charge in [-0.05, 0) is 36.6 Å². The second-order valence-electron chi connectivity index (χ2n) is 4.95. The highest BCUT2D eigenvalue weighted by molar-refractivity contribution is 9.10. The van der Waals surface area contributed by atoms with Gasteiger partial charge in [-0.2, -0.15) is 0 Å². The summed E-state index contributed by atoms with van der Waals surface area (Å²) in [6.45, 7) is 4.13. The highest BCUT2D eigenvalue weighted by Gasteiger charge is 2.22. The molecule has 1 saturated heterocycles. The van der Waals surface area contributed by atoms with Gasteiger partial charge in [0.05, 0.1) is 6.42 Å². The maximum absolute atomic E-state index is 12.0. The Labute approximate surface area is 129 Å².